The number of hydrogen-bond donors (Lipinski definition) is 1. The van der Waals surface area contributed by atoms with Crippen LogP contribution in [-0.2, 0) is 10.0 Å². The standard InChI is InChI=1S/C19H20N6O4S/c1-29-17-8-7-14(11-18(17)30(27,28)24-9-2-3-10-24)19(26)21-15-5-4-6-16(12-15)25-13-20-22-23-25/h4-8,11-13H,2-3,9-10H2,1H3,(H,21,26). The molecule has 10 nitrogen and oxygen atoms in total. The number of sulfonamides is 1. The smallest absolute Gasteiger partial charge is 0.255 e. The number of ether oxygens (including phenoxy) is 1. The summed E-state index contributed by atoms with van der Waals surface area (Å²) in [5.41, 5.74) is 1.40. The van der Waals surface area contributed by atoms with Crippen LogP contribution in [0.2, 0.25) is 0 Å². The van der Waals surface area contributed by atoms with Gasteiger partial charge in [-0.05, 0) is 59.7 Å². The first kappa shape index (κ1) is 20.0. The third-order valence-corrected chi connectivity index (χ3v) is 6.75. The van der Waals surface area contributed by atoms with E-state index in [1.54, 1.807) is 24.3 Å². The van der Waals surface area contributed by atoms with E-state index in [4.69, 9.17) is 4.74 Å². The molecule has 1 fully saturated rings. The van der Waals surface area contributed by atoms with Gasteiger partial charge in [0.2, 0.25) is 10.0 Å². The largest absolute Gasteiger partial charge is 0.495 e. The van der Waals surface area contributed by atoms with Crippen molar-refractivity contribution >= 4 is 21.6 Å². The molecule has 4 rings (SSSR count). The van der Waals surface area contributed by atoms with Crippen molar-refractivity contribution in [3.8, 4) is 11.4 Å². The van der Waals surface area contributed by atoms with Crippen molar-refractivity contribution in [1.82, 2.24) is 24.5 Å². The Morgan fingerprint density at radius 3 is 2.63 bits per heavy atom. The highest BCUT2D eigenvalue weighted by molar-refractivity contribution is 7.89. The normalized spacial score (nSPS) is 14.6. The Kier molecular flexibility index (Phi) is 5.46. The molecule has 2 heterocycles. The van der Waals surface area contributed by atoms with E-state index in [9.17, 15) is 13.2 Å². The second kappa shape index (κ2) is 8.20. The highest BCUT2D eigenvalue weighted by Crippen LogP contribution is 2.30. The summed E-state index contributed by atoms with van der Waals surface area (Å²) >= 11 is 0. The maximum atomic E-state index is 13.0. The van der Waals surface area contributed by atoms with Crippen LogP contribution >= 0.6 is 0 Å². The first-order chi connectivity index (χ1) is 14.5. The Balaban J connectivity index is 1.61. The maximum Gasteiger partial charge on any atom is 0.255 e. The third kappa shape index (κ3) is 3.89. The number of rotatable bonds is 6. The maximum absolute atomic E-state index is 13.0. The molecule has 1 aliphatic heterocycles. The molecule has 1 aliphatic rings. The second-order valence-corrected chi connectivity index (χ2v) is 8.64. The number of carbonyl (C=O) groups is 1. The lowest BCUT2D eigenvalue weighted by Crippen LogP contribution is -2.28. The van der Waals surface area contributed by atoms with Gasteiger partial charge in [-0.25, -0.2) is 13.1 Å². The van der Waals surface area contributed by atoms with E-state index >= 15 is 0 Å². The minimum atomic E-state index is -3.74. The monoisotopic (exact) mass is 428 g/mol. The van der Waals surface area contributed by atoms with Crippen LogP contribution < -0.4 is 10.1 Å². The van der Waals surface area contributed by atoms with Gasteiger partial charge in [0.05, 0.1) is 12.8 Å². The molecule has 0 saturated carbocycles. The lowest BCUT2D eigenvalue weighted by atomic mass is 10.2. The number of nitrogens with one attached hydrogen (secondary N) is 1. The van der Waals surface area contributed by atoms with Gasteiger partial charge in [0.25, 0.3) is 5.91 Å². The molecular weight excluding hydrogens is 408 g/mol. The first-order valence-electron chi connectivity index (χ1n) is 9.32. The zero-order valence-corrected chi connectivity index (χ0v) is 17.0. The fourth-order valence-electron chi connectivity index (χ4n) is 3.30. The van der Waals surface area contributed by atoms with Gasteiger partial charge in [0, 0.05) is 24.3 Å². The highest BCUT2D eigenvalue weighted by atomic mass is 32.2. The summed E-state index contributed by atoms with van der Waals surface area (Å²) in [7, 11) is -2.34. The molecule has 1 amide bonds. The van der Waals surface area contributed by atoms with Crippen molar-refractivity contribution < 1.29 is 17.9 Å². The van der Waals surface area contributed by atoms with Crippen LogP contribution in [0.5, 0.6) is 5.75 Å². The Bertz CT molecular complexity index is 1160. The summed E-state index contributed by atoms with van der Waals surface area (Å²) < 4.78 is 34.2. The quantitative estimate of drug-likeness (QED) is 0.635. The molecule has 156 valence electrons. The van der Waals surface area contributed by atoms with Crippen molar-refractivity contribution in [2.45, 2.75) is 17.7 Å². The zero-order valence-electron chi connectivity index (χ0n) is 16.2. The molecule has 3 aromatic rings. The van der Waals surface area contributed by atoms with E-state index in [-0.39, 0.29) is 16.2 Å². The molecule has 2 aromatic carbocycles. The number of benzene rings is 2. The molecule has 0 aliphatic carbocycles. The summed E-state index contributed by atoms with van der Waals surface area (Å²) in [6, 6.07) is 11.4. The van der Waals surface area contributed by atoms with Crippen molar-refractivity contribution in [3.63, 3.8) is 0 Å². The van der Waals surface area contributed by atoms with Crippen LogP contribution in [0.15, 0.2) is 53.7 Å². The number of anilines is 1. The Labute approximate surface area is 173 Å². The Morgan fingerprint density at radius 2 is 1.93 bits per heavy atom. The van der Waals surface area contributed by atoms with Crippen LogP contribution in [0.1, 0.15) is 23.2 Å². The molecule has 0 unspecified atom stereocenters. The Hall–Kier alpha value is -3.31. The van der Waals surface area contributed by atoms with Crippen molar-refractivity contribution in [2.75, 3.05) is 25.5 Å². The van der Waals surface area contributed by atoms with Crippen molar-refractivity contribution in [3.05, 3.63) is 54.4 Å². The molecule has 0 atom stereocenters. The van der Waals surface area contributed by atoms with Gasteiger partial charge >= 0.3 is 0 Å². The predicted octanol–water partition coefficient (Wildman–Crippen LogP) is 1.71. The molecular formula is C19H20N6O4S. The number of carbonyl (C=O) groups excluding carboxylic acids is 1. The van der Waals surface area contributed by atoms with Crippen LogP contribution in [-0.4, -0.2) is 59.0 Å². The molecule has 1 N–H and O–H groups in total. The molecule has 1 saturated heterocycles. The molecule has 1 aromatic heterocycles. The fourth-order valence-corrected chi connectivity index (χ4v) is 4.99. The second-order valence-electron chi connectivity index (χ2n) is 6.74. The van der Waals surface area contributed by atoms with Crippen LogP contribution in [0.25, 0.3) is 5.69 Å². The minimum absolute atomic E-state index is 0.0120. The summed E-state index contributed by atoms with van der Waals surface area (Å²) in [5, 5.41) is 13.8. The van der Waals surface area contributed by atoms with Crippen molar-refractivity contribution in [1.29, 1.82) is 0 Å². The number of nitrogens with zero attached hydrogens (tertiary/aromatic N) is 5. The van der Waals surface area contributed by atoms with Crippen LogP contribution in [0.4, 0.5) is 5.69 Å². The number of aromatic nitrogens is 4. The number of methoxy groups -OCH3 is 1. The van der Waals surface area contributed by atoms with Gasteiger partial charge < -0.3 is 10.1 Å². The number of tetrazole rings is 1. The van der Waals surface area contributed by atoms with E-state index in [1.165, 1.54) is 40.6 Å². The lowest BCUT2D eigenvalue weighted by Gasteiger charge is -2.18. The molecule has 0 spiro atoms. The average molecular weight is 428 g/mol. The first-order valence-corrected chi connectivity index (χ1v) is 10.8. The van der Waals surface area contributed by atoms with Gasteiger partial charge in [-0.3, -0.25) is 4.79 Å². The SMILES string of the molecule is COc1ccc(C(=O)Nc2cccc(-n3cnnn3)c2)cc1S(=O)(=O)N1CCCC1. The Morgan fingerprint density at radius 1 is 1.13 bits per heavy atom. The highest BCUT2D eigenvalue weighted by Gasteiger charge is 2.30. The number of hydrogen-bond acceptors (Lipinski definition) is 7. The van der Waals surface area contributed by atoms with Crippen molar-refractivity contribution in [2.24, 2.45) is 0 Å². The van der Waals surface area contributed by atoms with Crippen LogP contribution in [0.3, 0.4) is 0 Å². The molecule has 11 heteroatoms. The van der Waals surface area contributed by atoms with Gasteiger partial charge in [-0.15, -0.1) is 5.10 Å². The van der Waals surface area contributed by atoms with Gasteiger partial charge in [-0.1, -0.05) is 6.07 Å². The van der Waals surface area contributed by atoms with E-state index in [2.05, 4.69) is 20.8 Å². The van der Waals surface area contributed by atoms with E-state index in [0.29, 0.717) is 24.5 Å². The topological polar surface area (TPSA) is 119 Å². The minimum Gasteiger partial charge on any atom is -0.495 e. The third-order valence-electron chi connectivity index (χ3n) is 4.83. The van der Waals surface area contributed by atoms with E-state index in [1.807, 2.05) is 0 Å². The number of amides is 1. The lowest BCUT2D eigenvalue weighted by molar-refractivity contribution is 0.102. The van der Waals surface area contributed by atoms with Crippen LogP contribution in [0, 0.1) is 0 Å². The fraction of sp³-hybridized carbons (Fsp3) is 0.263. The molecule has 0 bridgehead atoms. The predicted molar refractivity (Wildman–Crippen MR) is 108 cm³/mol. The molecule has 0 radical (unpaired) electrons. The van der Waals surface area contributed by atoms with Gasteiger partial charge in [-0.2, -0.15) is 4.31 Å². The van der Waals surface area contributed by atoms with E-state index < -0.39 is 15.9 Å². The summed E-state index contributed by atoms with van der Waals surface area (Å²) in [5.74, 6) is -0.233. The zero-order chi connectivity index (χ0) is 21.1. The average Bonchev–Trinajstić information content (AvgIpc) is 3.48. The van der Waals surface area contributed by atoms with E-state index in [0.717, 1.165) is 12.8 Å². The summed E-state index contributed by atoms with van der Waals surface area (Å²) in [6.45, 7) is 0.928. The summed E-state index contributed by atoms with van der Waals surface area (Å²) in [6.07, 6.45) is 3.08. The van der Waals surface area contributed by atoms with Gasteiger partial charge in [0.1, 0.15) is 17.0 Å². The summed E-state index contributed by atoms with van der Waals surface area (Å²) in [4.78, 5) is 12.8. The molecule has 30 heavy (non-hydrogen) atoms. The van der Waals surface area contributed by atoms with Gasteiger partial charge in [0.15, 0.2) is 0 Å².